The Kier molecular flexibility index (Phi) is 13.8. The molecule has 0 aliphatic carbocycles. The Morgan fingerprint density at radius 2 is 1.50 bits per heavy atom. The maximum absolute atomic E-state index is 5.75. The number of hydrogen-bond donors (Lipinski definition) is 1. The summed E-state index contributed by atoms with van der Waals surface area (Å²) < 4.78 is 5.75. The van der Waals surface area contributed by atoms with E-state index in [2.05, 4.69) is 44.8 Å². The lowest BCUT2D eigenvalue weighted by molar-refractivity contribution is 0.0764. The molecule has 3 nitrogen and oxygen atoms in total. The van der Waals surface area contributed by atoms with Crippen molar-refractivity contribution in [1.82, 2.24) is 10.2 Å². The highest BCUT2D eigenvalue weighted by atomic mass is 16.5. The van der Waals surface area contributed by atoms with Crippen molar-refractivity contribution in [2.24, 2.45) is 0 Å². The molecule has 3 heteroatoms. The van der Waals surface area contributed by atoms with E-state index in [0.29, 0.717) is 12.1 Å². The van der Waals surface area contributed by atoms with E-state index < -0.39 is 0 Å². The van der Waals surface area contributed by atoms with Crippen molar-refractivity contribution >= 4 is 0 Å². The first-order valence-corrected chi connectivity index (χ1v) is 8.63. The van der Waals surface area contributed by atoms with Crippen LogP contribution in [0.25, 0.3) is 0 Å². The fourth-order valence-electron chi connectivity index (χ4n) is 2.49. The molecule has 0 spiro atoms. The Morgan fingerprint density at radius 1 is 0.850 bits per heavy atom. The molecule has 122 valence electrons. The minimum atomic E-state index is 0.606. The average molecular weight is 287 g/mol. The molecule has 0 saturated heterocycles. The van der Waals surface area contributed by atoms with Crippen LogP contribution in [0, 0.1) is 0 Å². The maximum atomic E-state index is 5.75. The van der Waals surface area contributed by atoms with Crippen LogP contribution >= 0.6 is 0 Å². The molecule has 0 aliphatic heterocycles. The summed E-state index contributed by atoms with van der Waals surface area (Å²) >= 11 is 0. The van der Waals surface area contributed by atoms with Crippen molar-refractivity contribution in [2.45, 2.75) is 78.8 Å². The van der Waals surface area contributed by atoms with Crippen molar-refractivity contribution in [3.63, 3.8) is 0 Å². The molecule has 0 bridgehead atoms. The molecular weight excluding hydrogens is 248 g/mol. The number of unbranched alkanes of at least 4 members (excludes halogenated alkanes) is 3. The molecular formula is C17H38N2O. The molecule has 0 amide bonds. The largest absolute Gasteiger partial charge is 0.380 e. The Bertz CT molecular complexity index is 187. The van der Waals surface area contributed by atoms with Crippen molar-refractivity contribution < 1.29 is 4.74 Å². The second kappa shape index (κ2) is 13.8. The van der Waals surface area contributed by atoms with Crippen LogP contribution < -0.4 is 5.32 Å². The fourth-order valence-corrected chi connectivity index (χ4v) is 2.49. The van der Waals surface area contributed by atoms with Gasteiger partial charge in [0.05, 0.1) is 6.61 Å². The summed E-state index contributed by atoms with van der Waals surface area (Å²) in [7, 11) is 0. The lowest BCUT2D eigenvalue weighted by Crippen LogP contribution is -2.39. The summed E-state index contributed by atoms with van der Waals surface area (Å²) in [5.41, 5.74) is 0. The average Bonchev–Trinajstić information content (AvgIpc) is 2.39. The second-order valence-corrected chi connectivity index (χ2v) is 6.20. The first kappa shape index (κ1) is 19.9. The van der Waals surface area contributed by atoms with Crippen molar-refractivity contribution in [3.05, 3.63) is 0 Å². The number of nitrogens with zero attached hydrogens (tertiary/aromatic N) is 1. The van der Waals surface area contributed by atoms with Crippen LogP contribution in [0.4, 0.5) is 0 Å². The first-order chi connectivity index (χ1) is 9.59. The number of ether oxygens (including phenoxy) is 1. The highest BCUT2D eigenvalue weighted by Gasteiger charge is 2.12. The van der Waals surface area contributed by atoms with Crippen LogP contribution in [0.5, 0.6) is 0 Å². The third-order valence-corrected chi connectivity index (χ3v) is 3.64. The van der Waals surface area contributed by atoms with Gasteiger partial charge in [-0.2, -0.15) is 0 Å². The number of rotatable bonds is 14. The minimum absolute atomic E-state index is 0.606. The zero-order valence-corrected chi connectivity index (χ0v) is 14.6. The number of nitrogens with one attached hydrogen (secondary N) is 1. The van der Waals surface area contributed by atoms with Gasteiger partial charge in [-0.05, 0) is 60.0 Å². The van der Waals surface area contributed by atoms with E-state index in [-0.39, 0.29) is 0 Å². The molecule has 20 heavy (non-hydrogen) atoms. The molecule has 0 saturated carbocycles. The summed E-state index contributed by atoms with van der Waals surface area (Å²) in [6, 6.07) is 1.21. The summed E-state index contributed by atoms with van der Waals surface area (Å²) in [5, 5.41) is 3.44. The van der Waals surface area contributed by atoms with Crippen LogP contribution in [0.15, 0.2) is 0 Å². The Morgan fingerprint density at radius 3 is 2.10 bits per heavy atom. The lowest BCUT2D eigenvalue weighted by Gasteiger charge is -2.30. The van der Waals surface area contributed by atoms with Gasteiger partial charge in [0.2, 0.25) is 0 Å². The Hall–Kier alpha value is -0.120. The third-order valence-electron chi connectivity index (χ3n) is 3.64. The van der Waals surface area contributed by atoms with E-state index in [1.807, 2.05) is 0 Å². The van der Waals surface area contributed by atoms with E-state index in [9.17, 15) is 0 Å². The van der Waals surface area contributed by atoms with Gasteiger partial charge in [-0.25, -0.2) is 0 Å². The fraction of sp³-hybridized carbons (Fsp3) is 1.00. The molecule has 0 aromatic rings. The molecule has 0 aromatic carbocycles. The molecule has 0 atom stereocenters. The van der Waals surface area contributed by atoms with Gasteiger partial charge >= 0.3 is 0 Å². The van der Waals surface area contributed by atoms with Crippen molar-refractivity contribution in [2.75, 3.05) is 32.8 Å². The predicted octanol–water partition coefficient (Wildman–Crippen LogP) is 3.68. The zero-order valence-electron chi connectivity index (χ0n) is 14.6. The van der Waals surface area contributed by atoms with Crippen molar-refractivity contribution in [3.8, 4) is 0 Å². The smallest absolute Gasteiger partial charge is 0.0593 e. The summed E-state index contributed by atoms with van der Waals surface area (Å²) in [4.78, 5) is 2.49. The molecule has 0 heterocycles. The first-order valence-electron chi connectivity index (χ1n) is 8.63. The zero-order chi connectivity index (χ0) is 15.2. The van der Waals surface area contributed by atoms with E-state index in [4.69, 9.17) is 4.74 Å². The maximum Gasteiger partial charge on any atom is 0.0593 e. The quantitative estimate of drug-likeness (QED) is 0.493. The summed E-state index contributed by atoms with van der Waals surface area (Å²) in [6.07, 6.45) is 6.36. The topological polar surface area (TPSA) is 24.5 Å². The Labute approximate surface area is 127 Å². The van der Waals surface area contributed by atoms with Crippen LogP contribution in [-0.4, -0.2) is 49.8 Å². The normalized spacial score (nSPS) is 12.0. The number of hydrogen-bond acceptors (Lipinski definition) is 3. The molecule has 0 unspecified atom stereocenters. The summed E-state index contributed by atoms with van der Waals surface area (Å²) in [6.45, 7) is 16.4. The standard InChI is InChI=1S/C17H38N2O/c1-6-11-18-12-9-7-8-10-14-20-15-13-19(16(2)3)17(4)5/h16-18H,6-15H2,1-5H3. The second-order valence-electron chi connectivity index (χ2n) is 6.20. The van der Waals surface area contributed by atoms with Gasteiger partial charge in [0, 0.05) is 25.2 Å². The molecule has 0 aliphatic rings. The van der Waals surface area contributed by atoms with E-state index in [1.54, 1.807) is 0 Å². The molecule has 0 rings (SSSR count). The van der Waals surface area contributed by atoms with Crippen molar-refractivity contribution in [1.29, 1.82) is 0 Å². The molecule has 0 aromatic heterocycles. The van der Waals surface area contributed by atoms with Crippen LogP contribution in [0.1, 0.15) is 66.7 Å². The SMILES string of the molecule is CCCNCCCCCCOCCN(C(C)C)C(C)C. The van der Waals surface area contributed by atoms with E-state index in [1.165, 1.54) is 38.6 Å². The van der Waals surface area contributed by atoms with E-state index in [0.717, 1.165) is 26.3 Å². The van der Waals surface area contributed by atoms with E-state index >= 15 is 0 Å². The van der Waals surface area contributed by atoms with Gasteiger partial charge in [0.15, 0.2) is 0 Å². The van der Waals surface area contributed by atoms with Crippen LogP contribution in [0.2, 0.25) is 0 Å². The van der Waals surface area contributed by atoms with Crippen LogP contribution in [0.3, 0.4) is 0 Å². The Balaban J connectivity index is 3.27. The van der Waals surface area contributed by atoms with Gasteiger partial charge in [-0.1, -0.05) is 19.8 Å². The lowest BCUT2D eigenvalue weighted by atomic mass is 10.2. The highest BCUT2D eigenvalue weighted by molar-refractivity contribution is 4.66. The summed E-state index contributed by atoms with van der Waals surface area (Å²) in [5.74, 6) is 0. The van der Waals surface area contributed by atoms with Crippen LogP contribution in [-0.2, 0) is 4.74 Å². The van der Waals surface area contributed by atoms with Gasteiger partial charge in [0.1, 0.15) is 0 Å². The minimum Gasteiger partial charge on any atom is -0.380 e. The molecule has 0 radical (unpaired) electrons. The van der Waals surface area contributed by atoms with Gasteiger partial charge in [0.25, 0.3) is 0 Å². The molecule has 1 N–H and O–H groups in total. The highest BCUT2D eigenvalue weighted by Crippen LogP contribution is 2.04. The molecule has 0 fully saturated rings. The van der Waals surface area contributed by atoms with Gasteiger partial charge in [-0.3, -0.25) is 4.90 Å². The third kappa shape index (κ3) is 11.7. The predicted molar refractivity (Wildman–Crippen MR) is 89.4 cm³/mol. The monoisotopic (exact) mass is 286 g/mol. The van der Waals surface area contributed by atoms with Gasteiger partial charge < -0.3 is 10.1 Å². The van der Waals surface area contributed by atoms with Gasteiger partial charge in [-0.15, -0.1) is 0 Å².